The average Bonchev–Trinajstić information content (AvgIpc) is 3.12. The third kappa shape index (κ3) is 2.86. The largest absolute Gasteiger partial charge is 0.468 e. The van der Waals surface area contributed by atoms with Gasteiger partial charge in [-0.2, -0.15) is 0 Å². The summed E-state index contributed by atoms with van der Waals surface area (Å²) < 4.78 is 8.14. The van der Waals surface area contributed by atoms with Gasteiger partial charge in [-0.3, -0.25) is 4.79 Å². The minimum Gasteiger partial charge on any atom is -0.468 e. The molecule has 0 saturated heterocycles. The summed E-state index contributed by atoms with van der Waals surface area (Å²) in [6.45, 7) is 12.0. The fourth-order valence-electron chi connectivity index (χ4n) is 4.48. The quantitative estimate of drug-likeness (QED) is 0.627. The number of unbranched alkanes of at least 4 members (excludes halogenated alkanes) is 1. The molecule has 0 fully saturated rings. The van der Waals surface area contributed by atoms with E-state index in [1.54, 1.807) is 0 Å². The SMILES string of the molecule is C=C1C=C(CCC)c2cc3c(CCC)cc(=O)n(CCCC)c3c3c2N1CO3. The molecular formula is C24H30N2O2. The van der Waals surface area contributed by atoms with Crippen LogP contribution < -0.4 is 15.2 Å². The number of allylic oxidation sites excluding steroid dienone is 2. The summed E-state index contributed by atoms with van der Waals surface area (Å²) in [6, 6.07) is 4.15. The monoisotopic (exact) mass is 378 g/mol. The molecule has 0 bridgehead atoms. The van der Waals surface area contributed by atoms with Gasteiger partial charge in [0, 0.05) is 29.3 Å². The Hall–Kier alpha value is -2.49. The van der Waals surface area contributed by atoms with Crippen molar-refractivity contribution in [2.45, 2.75) is 65.8 Å². The molecule has 28 heavy (non-hydrogen) atoms. The molecule has 0 radical (unpaired) electrons. The number of rotatable bonds is 7. The Morgan fingerprint density at radius 1 is 1.11 bits per heavy atom. The van der Waals surface area contributed by atoms with Gasteiger partial charge in [-0.25, -0.2) is 0 Å². The zero-order valence-corrected chi connectivity index (χ0v) is 17.3. The van der Waals surface area contributed by atoms with Gasteiger partial charge in [0.15, 0.2) is 12.5 Å². The molecule has 1 aromatic heterocycles. The van der Waals surface area contributed by atoms with Crippen molar-refractivity contribution in [3.8, 4) is 5.75 Å². The number of nitrogens with zero attached hydrogens (tertiary/aromatic N) is 2. The first-order chi connectivity index (χ1) is 13.6. The summed E-state index contributed by atoms with van der Waals surface area (Å²) in [7, 11) is 0. The topological polar surface area (TPSA) is 34.5 Å². The first kappa shape index (κ1) is 18.9. The van der Waals surface area contributed by atoms with Crippen molar-refractivity contribution in [2.75, 3.05) is 11.6 Å². The van der Waals surface area contributed by atoms with Crippen LogP contribution in [0.1, 0.15) is 64.0 Å². The van der Waals surface area contributed by atoms with E-state index in [4.69, 9.17) is 4.74 Å². The molecule has 3 heterocycles. The van der Waals surface area contributed by atoms with E-state index in [2.05, 4.69) is 44.4 Å². The predicted molar refractivity (Wildman–Crippen MR) is 117 cm³/mol. The van der Waals surface area contributed by atoms with Crippen molar-refractivity contribution in [2.24, 2.45) is 0 Å². The van der Waals surface area contributed by atoms with Gasteiger partial charge in [0.2, 0.25) is 0 Å². The van der Waals surface area contributed by atoms with Gasteiger partial charge in [-0.1, -0.05) is 46.6 Å². The molecule has 4 rings (SSSR count). The van der Waals surface area contributed by atoms with Crippen LogP contribution >= 0.6 is 0 Å². The van der Waals surface area contributed by atoms with E-state index >= 15 is 0 Å². The van der Waals surface area contributed by atoms with E-state index in [1.165, 1.54) is 16.5 Å². The van der Waals surface area contributed by atoms with E-state index in [0.29, 0.717) is 6.73 Å². The average molecular weight is 379 g/mol. The highest BCUT2D eigenvalue weighted by molar-refractivity contribution is 6.02. The molecule has 0 amide bonds. The normalized spacial score (nSPS) is 15.0. The highest BCUT2D eigenvalue weighted by atomic mass is 16.5. The zero-order valence-electron chi connectivity index (χ0n) is 17.3. The Labute approximate surface area is 167 Å². The highest BCUT2D eigenvalue weighted by Gasteiger charge is 2.33. The lowest BCUT2D eigenvalue weighted by Gasteiger charge is -2.27. The predicted octanol–water partition coefficient (Wildman–Crippen LogP) is 5.62. The van der Waals surface area contributed by atoms with Gasteiger partial charge in [-0.15, -0.1) is 0 Å². The Balaban J connectivity index is 2.07. The number of hydrogen-bond donors (Lipinski definition) is 0. The molecule has 0 unspecified atom stereocenters. The van der Waals surface area contributed by atoms with Crippen molar-refractivity contribution >= 4 is 22.2 Å². The second-order valence-electron chi connectivity index (χ2n) is 7.87. The number of anilines is 1. The lowest BCUT2D eigenvalue weighted by Crippen LogP contribution is -2.23. The van der Waals surface area contributed by atoms with Crippen LogP contribution in [0.25, 0.3) is 16.5 Å². The van der Waals surface area contributed by atoms with Crippen molar-refractivity contribution < 1.29 is 4.74 Å². The van der Waals surface area contributed by atoms with Crippen LogP contribution in [-0.4, -0.2) is 11.3 Å². The van der Waals surface area contributed by atoms with E-state index in [-0.39, 0.29) is 5.56 Å². The van der Waals surface area contributed by atoms with E-state index in [9.17, 15) is 4.79 Å². The number of ether oxygens (including phenoxy) is 1. The van der Waals surface area contributed by atoms with Crippen molar-refractivity contribution in [3.63, 3.8) is 0 Å². The maximum atomic E-state index is 13.0. The van der Waals surface area contributed by atoms with Crippen LogP contribution in [0, 0.1) is 0 Å². The van der Waals surface area contributed by atoms with Crippen LogP contribution in [0.4, 0.5) is 5.69 Å². The number of hydrogen-bond acceptors (Lipinski definition) is 3. The molecule has 2 aliphatic heterocycles. The van der Waals surface area contributed by atoms with Crippen LogP contribution in [0.3, 0.4) is 0 Å². The summed E-state index contributed by atoms with van der Waals surface area (Å²) in [5.74, 6) is 0.863. The van der Waals surface area contributed by atoms with E-state index in [0.717, 1.165) is 73.3 Å². The number of aryl methyl sites for hydroxylation is 2. The lowest BCUT2D eigenvalue weighted by molar-refractivity contribution is 0.356. The molecule has 148 valence electrons. The summed E-state index contributed by atoms with van der Waals surface area (Å²) in [5, 5.41) is 1.17. The van der Waals surface area contributed by atoms with Crippen LogP contribution in [0.5, 0.6) is 5.75 Å². The molecule has 0 atom stereocenters. The second kappa shape index (κ2) is 7.50. The van der Waals surface area contributed by atoms with Crippen LogP contribution in [-0.2, 0) is 13.0 Å². The Morgan fingerprint density at radius 3 is 2.61 bits per heavy atom. The Bertz CT molecular complexity index is 1030. The molecule has 0 saturated carbocycles. The number of pyridine rings is 1. The first-order valence-corrected chi connectivity index (χ1v) is 10.6. The molecule has 4 nitrogen and oxygen atoms in total. The van der Waals surface area contributed by atoms with Gasteiger partial charge in [0.25, 0.3) is 5.56 Å². The maximum Gasteiger partial charge on any atom is 0.251 e. The summed E-state index contributed by atoms with van der Waals surface area (Å²) in [6.07, 6.45) is 8.26. The molecule has 1 aromatic carbocycles. The van der Waals surface area contributed by atoms with Crippen molar-refractivity contribution in [1.82, 2.24) is 4.57 Å². The Kier molecular flexibility index (Phi) is 5.05. The Morgan fingerprint density at radius 2 is 1.89 bits per heavy atom. The van der Waals surface area contributed by atoms with E-state index < -0.39 is 0 Å². The van der Waals surface area contributed by atoms with Crippen LogP contribution in [0.15, 0.2) is 35.3 Å². The number of fused-ring (bicyclic) bond motifs is 2. The smallest absolute Gasteiger partial charge is 0.251 e. The molecule has 0 spiro atoms. The molecule has 0 aliphatic carbocycles. The fourth-order valence-corrected chi connectivity index (χ4v) is 4.48. The van der Waals surface area contributed by atoms with Gasteiger partial charge in [-0.05, 0) is 42.5 Å². The zero-order chi connectivity index (χ0) is 19.8. The maximum absolute atomic E-state index is 13.0. The van der Waals surface area contributed by atoms with Gasteiger partial charge >= 0.3 is 0 Å². The third-order valence-electron chi connectivity index (χ3n) is 5.82. The first-order valence-electron chi connectivity index (χ1n) is 10.6. The third-order valence-corrected chi connectivity index (χ3v) is 5.82. The van der Waals surface area contributed by atoms with Crippen molar-refractivity contribution in [1.29, 1.82) is 0 Å². The van der Waals surface area contributed by atoms with Gasteiger partial charge in [0.1, 0.15) is 0 Å². The van der Waals surface area contributed by atoms with Gasteiger partial charge < -0.3 is 14.2 Å². The summed E-state index contributed by atoms with van der Waals surface area (Å²) >= 11 is 0. The van der Waals surface area contributed by atoms with Crippen molar-refractivity contribution in [3.05, 3.63) is 52.0 Å². The lowest BCUT2D eigenvalue weighted by atomic mass is 9.91. The standard InChI is InChI=1S/C24H30N2O2/c1-5-8-11-25-21(27)13-18(10-7-3)20-14-19-17(9-6-2)12-16(4)26-15-28-24(22(20)25)23(19)26/h12-14H,4-11,15H2,1-3H3. The number of benzene rings is 1. The van der Waals surface area contributed by atoms with E-state index in [1.807, 2.05) is 10.6 Å². The highest BCUT2D eigenvalue weighted by Crippen LogP contribution is 2.50. The summed E-state index contributed by atoms with van der Waals surface area (Å²) in [5.41, 5.74) is 6.82. The van der Waals surface area contributed by atoms with Gasteiger partial charge in [0.05, 0.1) is 11.2 Å². The number of aromatic nitrogens is 1. The minimum atomic E-state index is 0.0848. The second-order valence-corrected chi connectivity index (χ2v) is 7.87. The van der Waals surface area contributed by atoms with Crippen LogP contribution in [0.2, 0.25) is 0 Å². The fraction of sp³-hybridized carbons (Fsp3) is 0.458. The molecule has 2 aromatic rings. The molecule has 4 heteroatoms. The minimum absolute atomic E-state index is 0.0848. The molecule has 0 N–H and O–H groups in total. The summed E-state index contributed by atoms with van der Waals surface area (Å²) in [4.78, 5) is 15.1. The molecule has 2 aliphatic rings. The molecular weight excluding hydrogens is 348 g/mol.